The minimum Gasteiger partial charge on any atom is -0.277 e. The average molecular weight is 396 g/mol. The number of pyridine rings is 1. The van der Waals surface area contributed by atoms with Crippen molar-refractivity contribution in [1.29, 1.82) is 0 Å². The topological polar surface area (TPSA) is 87.7 Å². The zero-order valence-electron chi connectivity index (χ0n) is 14.2. The monoisotopic (exact) mass is 396 g/mol. The number of hydrogen-bond donors (Lipinski definition) is 2. The lowest BCUT2D eigenvalue weighted by Gasteiger charge is -2.08. The van der Waals surface area contributed by atoms with E-state index in [-0.39, 0.29) is 11.4 Å². The van der Waals surface area contributed by atoms with Gasteiger partial charge in [0.1, 0.15) is 0 Å². The quantitative estimate of drug-likeness (QED) is 0.520. The average Bonchev–Trinajstić information content (AvgIpc) is 3.40. The van der Waals surface area contributed by atoms with Gasteiger partial charge < -0.3 is 0 Å². The maximum absolute atomic E-state index is 12.3. The standard InChI is InChI=1S/C19H16N4O2S2/c24-27(25,17-6-9-26-13-17)22-11-14-2-1-3-16(10-14)19-18(12-21-23-19)15-4-7-20-8-5-15/h1-10,12-13,22H,11H2,(H,21,23). The molecule has 3 heterocycles. The van der Waals surface area contributed by atoms with Crippen LogP contribution in [0.2, 0.25) is 0 Å². The van der Waals surface area contributed by atoms with Crippen molar-refractivity contribution < 1.29 is 8.42 Å². The summed E-state index contributed by atoms with van der Waals surface area (Å²) in [6, 6.07) is 13.2. The molecule has 0 atom stereocenters. The fourth-order valence-electron chi connectivity index (χ4n) is 2.76. The first-order valence-electron chi connectivity index (χ1n) is 8.18. The molecule has 0 amide bonds. The van der Waals surface area contributed by atoms with E-state index in [9.17, 15) is 8.42 Å². The summed E-state index contributed by atoms with van der Waals surface area (Å²) in [6.07, 6.45) is 5.25. The van der Waals surface area contributed by atoms with Crippen LogP contribution in [0.25, 0.3) is 22.4 Å². The molecular weight excluding hydrogens is 380 g/mol. The minimum absolute atomic E-state index is 0.213. The van der Waals surface area contributed by atoms with Crippen molar-refractivity contribution >= 4 is 21.4 Å². The predicted molar refractivity (Wildman–Crippen MR) is 106 cm³/mol. The molecule has 27 heavy (non-hydrogen) atoms. The number of thiophene rings is 1. The Morgan fingerprint density at radius 1 is 1.07 bits per heavy atom. The molecule has 0 fully saturated rings. The molecule has 0 aliphatic heterocycles. The largest absolute Gasteiger partial charge is 0.277 e. The molecule has 136 valence electrons. The Hall–Kier alpha value is -2.81. The Morgan fingerprint density at radius 3 is 2.70 bits per heavy atom. The van der Waals surface area contributed by atoms with Crippen LogP contribution >= 0.6 is 11.3 Å². The van der Waals surface area contributed by atoms with Crippen LogP contribution in [0.4, 0.5) is 0 Å². The fourth-order valence-corrected chi connectivity index (χ4v) is 4.81. The minimum atomic E-state index is -3.50. The van der Waals surface area contributed by atoms with Crippen LogP contribution in [0, 0.1) is 0 Å². The lowest BCUT2D eigenvalue weighted by Crippen LogP contribution is -2.22. The van der Waals surface area contributed by atoms with E-state index in [1.165, 1.54) is 11.3 Å². The number of nitrogens with one attached hydrogen (secondary N) is 2. The highest BCUT2D eigenvalue weighted by atomic mass is 32.2. The Kier molecular flexibility index (Phi) is 4.85. The van der Waals surface area contributed by atoms with Crippen LogP contribution in [-0.4, -0.2) is 23.6 Å². The molecule has 0 spiro atoms. The van der Waals surface area contributed by atoms with Gasteiger partial charge in [0.25, 0.3) is 0 Å². The van der Waals surface area contributed by atoms with Crippen LogP contribution in [0.1, 0.15) is 5.56 Å². The second-order valence-corrected chi connectivity index (χ2v) is 8.43. The summed E-state index contributed by atoms with van der Waals surface area (Å²) in [5, 5.41) is 10.6. The van der Waals surface area contributed by atoms with E-state index in [4.69, 9.17) is 0 Å². The number of sulfonamides is 1. The zero-order valence-corrected chi connectivity index (χ0v) is 15.8. The van der Waals surface area contributed by atoms with Gasteiger partial charge in [-0.05, 0) is 40.8 Å². The summed E-state index contributed by atoms with van der Waals surface area (Å²) in [5.74, 6) is 0. The summed E-state index contributed by atoms with van der Waals surface area (Å²) in [7, 11) is -3.50. The van der Waals surface area contributed by atoms with Crippen LogP contribution in [-0.2, 0) is 16.6 Å². The number of H-pyrrole nitrogens is 1. The molecule has 3 aromatic heterocycles. The molecule has 0 saturated heterocycles. The van der Waals surface area contributed by atoms with Crippen molar-refractivity contribution in [3.05, 3.63) is 77.4 Å². The number of aromatic amines is 1. The van der Waals surface area contributed by atoms with Gasteiger partial charge in [0.15, 0.2) is 0 Å². The molecule has 8 heteroatoms. The zero-order chi connectivity index (χ0) is 18.7. The van der Waals surface area contributed by atoms with Crippen LogP contribution < -0.4 is 4.72 Å². The molecule has 0 aliphatic carbocycles. The second kappa shape index (κ2) is 7.43. The first-order chi connectivity index (χ1) is 13.1. The molecule has 0 radical (unpaired) electrons. The molecule has 4 rings (SSSR count). The summed E-state index contributed by atoms with van der Waals surface area (Å²) in [6.45, 7) is 0.213. The summed E-state index contributed by atoms with van der Waals surface area (Å²) in [4.78, 5) is 4.33. The summed E-state index contributed by atoms with van der Waals surface area (Å²) >= 11 is 1.35. The summed E-state index contributed by atoms with van der Waals surface area (Å²) in [5.41, 5.74) is 4.66. The van der Waals surface area contributed by atoms with Crippen molar-refractivity contribution in [2.75, 3.05) is 0 Å². The predicted octanol–water partition coefficient (Wildman–Crippen LogP) is 3.68. The Labute approximate surface area is 161 Å². The number of nitrogens with zero attached hydrogens (tertiary/aromatic N) is 2. The molecule has 4 aromatic rings. The Balaban J connectivity index is 1.59. The van der Waals surface area contributed by atoms with Crippen LogP contribution in [0.5, 0.6) is 0 Å². The smallest absolute Gasteiger partial charge is 0.241 e. The van der Waals surface area contributed by atoms with Gasteiger partial charge in [0.2, 0.25) is 10.0 Å². The fraction of sp³-hybridized carbons (Fsp3) is 0.0526. The first-order valence-corrected chi connectivity index (χ1v) is 10.6. The summed E-state index contributed by atoms with van der Waals surface area (Å²) < 4.78 is 27.2. The number of hydrogen-bond acceptors (Lipinski definition) is 5. The third-order valence-corrected chi connectivity index (χ3v) is 6.35. The van der Waals surface area contributed by atoms with Crippen LogP contribution in [0.15, 0.2) is 76.7 Å². The molecule has 1 aromatic carbocycles. The molecule has 0 unspecified atom stereocenters. The highest BCUT2D eigenvalue weighted by Crippen LogP contribution is 2.30. The number of benzene rings is 1. The highest BCUT2D eigenvalue weighted by molar-refractivity contribution is 7.89. The van der Waals surface area contributed by atoms with Gasteiger partial charge in [-0.3, -0.25) is 10.1 Å². The number of aromatic nitrogens is 3. The molecule has 2 N–H and O–H groups in total. The molecule has 0 aliphatic rings. The lowest BCUT2D eigenvalue weighted by atomic mass is 10.0. The maximum atomic E-state index is 12.3. The van der Waals surface area contributed by atoms with E-state index in [1.54, 1.807) is 35.4 Å². The Morgan fingerprint density at radius 2 is 1.93 bits per heavy atom. The van der Waals surface area contributed by atoms with Gasteiger partial charge >= 0.3 is 0 Å². The maximum Gasteiger partial charge on any atom is 0.241 e. The van der Waals surface area contributed by atoms with Gasteiger partial charge in [0, 0.05) is 35.4 Å². The van der Waals surface area contributed by atoms with Gasteiger partial charge in [-0.25, -0.2) is 13.1 Å². The van der Waals surface area contributed by atoms with Gasteiger partial charge in [-0.2, -0.15) is 16.4 Å². The van der Waals surface area contributed by atoms with E-state index in [2.05, 4.69) is 19.9 Å². The third-order valence-electron chi connectivity index (χ3n) is 4.12. The SMILES string of the molecule is O=S(=O)(NCc1cccc(-c2[nH]ncc2-c2ccncc2)c1)c1ccsc1. The van der Waals surface area contributed by atoms with E-state index in [0.29, 0.717) is 0 Å². The molecular formula is C19H16N4O2S2. The van der Waals surface area contributed by atoms with E-state index in [1.807, 2.05) is 36.4 Å². The van der Waals surface area contributed by atoms with Gasteiger partial charge in [-0.1, -0.05) is 18.2 Å². The molecule has 0 bridgehead atoms. The van der Waals surface area contributed by atoms with Crippen molar-refractivity contribution in [2.24, 2.45) is 0 Å². The normalized spacial score (nSPS) is 11.6. The highest BCUT2D eigenvalue weighted by Gasteiger charge is 2.15. The van der Waals surface area contributed by atoms with E-state index in [0.717, 1.165) is 27.9 Å². The molecule has 6 nitrogen and oxygen atoms in total. The van der Waals surface area contributed by atoms with Crippen molar-refractivity contribution in [3.8, 4) is 22.4 Å². The van der Waals surface area contributed by atoms with Gasteiger partial charge in [-0.15, -0.1) is 0 Å². The first kappa shape index (κ1) is 17.6. The third kappa shape index (κ3) is 3.82. The van der Waals surface area contributed by atoms with Crippen molar-refractivity contribution in [2.45, 2.75) is 11.4 Å². The van der Waals surface area contributed by atoms with Crippen LogP contribution in [0.3, 0.4) is 0 Å². The van der Waals surface area contributed by atoms with Crippen molar-refractivity contribution in [1.82, 2.24) is 19.9 Å². The van der Waals surface area contributed by atoms with E-state index >= 15 is 0 Å². The molecule has 0 saturated carbocycles. The van der Waals surface area contributed by atoms with Gasteiger partial charge in [0.05, 0.1) is 16.8 Å². The number of rotatable bonds is 6. The second-order valence-electron chi connectivity index (χ2n) is 5.88. The lowest BCUT2D eigenvalue weighted by molar-refractivity contribution is 0.581. The Bertz CT molecular complexity index is 1140. The van der Waals surface area contributed by atoms with E-state index < -0.39 is 10.0 Å². The van der Waals surface area contributed by atoms with Crippen molar-refractivity contribution in [3.63, 3.8) is 0 Å².